The largest absolute Gasteiger partial charge is 0.496 e. The first kappa shape index (κ1) is 24.6. The van der Waals surface area contributed by atoms with E-state index in [1.165, 1.54) is 50.5 Å². The average Bonchev–Trinajstić information content (AvgIpc) is 3.18. The number of hydrogen-bond acceptors (Lipinski definition) is 8. The molecule has 0 saturated carbocycles. The van der Waals surface area contributed by atoms with Crippen LogP contribution in [-0.4, -0.2) is 63.0 Å². The van der Waals surface area contributed by atoms with Gasteiger partial charge in [0.05, 0.1) is 44.2 Å². The fourth-order valence-electron chi connectivity index (χ4n) is 3.89. The lowest BCUT2D eigenvalue weighted by atomic mass is 10.1. The van der Waals surface area contributed by atoms with Gasteiger partial charge in [0.25, 0.3) is 0 Å². The Bertz CT molecular complexity index is 1190. The standard InChI is InChI=1S/C23H24ClFN4O6/c1-32-16-6-4-5-14(25)12(16)11-35-18-10-15(13(24)9-17(18)33-2)29-21-20(28-23(29)31)22(34-3)27-19(26-21)7-8-30/h4-6,9-10,20-21,30H,7-8,11H2,1-3H3,(H,28,31). The number of nitrogens with zero attached hydrogens (tertiary/aromatic N) is 3. The Balaban J connectivity index is 1.70. The number of halogens is 2. The van der Waals surface area contributed by atoms with Gasteiger partial charge in [0.2, 0.25) is 5.90 Å². The first-order valence-corrected chi connectivity index (χ1v) is 11.0. The van der Waals surface area contributed by atoms with Gasteiger partial charge in [-0.05, 0) is 12.1 Å². The third-order valence-corrected chi connectivity index (χ3v) is 5.85. The van der Waals surface area contributed by atoms with Crippen molar-refractivity contribution >= 4 is 35.1 Å². The molecule has 0 spiro atoms. The highest BCUT2D eigenvalue weighted by Crippen LogP contribution is 2.41. The van der Waals surface area contributed by atoms with Gasteiger partial charge in [-0.3, -0.25) is 4.90 Å². The van der Waals surface area contributed by atoms with Crippen LogP contribution in [0.1, 0.15) is 12.0 Å². The summed E-state index contributed by atoms with van der Waals surface area (Å²) < 4.78 is 36.2. The molecule has 1 fully saturated rings. The third-order valence-electron chi connectivity index (χ3n) is 5.55. The predicted octanol–water partition coefficient (Wildman–Crippen LogP) is 3.14. The SMILES string of the molecule is COC1=NC(CCO)=NC2C1NC(=O)N2c1cc(OCc2c(F)cccc2OC)c(OC)cc1Cl. The number of aliphatic hydroxyl groups excluding tert-OH is 1. The van der Waals surface area contributed by atoms with Crippen molar-refractivity contribution in [3.63, 3.8) is 0 Å². The summed E-state index contributed by atoms with van der Waals surface area (Å²) in [5.41, 5.74) is 0.511. The second-order valence-corrected chi connectivity index (χ2v) is 7.95. The Kier molecular flexibility index (Phi) is 7.27. The summed E-state index contributed by atoms with van der Waals surface area (Å²) in [7, 11) is 4.32. The first-order chi connectivity index (χ1) is 16.9. The van der Waals surface area contributed by atoms with Crippen molar-refractivity contribution in [2.24, 2.45) is 9.98 Å². The van der Waals surface area contributed by atoms with Gasteiger partial charge in [-0.25, -0.2) is 19.2 Å². The molecule has 2 aliphatic rings. The van der Waals surface area contributed by atoms with Gasteiger partial charge in [-0.2, -0.15) is 0 Å². The molecule has 0 aromatic heterocycles. The van der Waals surface area contributed by atoms with Crippen LogP contribution in [0.5, 0.6) is 17.2 Å². The van der Waals surface area contributed by atoms with E-state index < -0.39 is 24.1 Å². The molecule has 0 bridgehead atoms. The number of amidine groups is 1. The Hall–Kier alpha value is -3.57. The minimum absolute atomic E-state index is 0.162. The van der Waals surface area contributed by atoms with Gasteiger partial charge in [0.15, 0.2) is 17.7 Å². The maximum atomic E-state index is 14.4. The molecule has 2 amide bonds. The van der Waals surface area contributed by atoms with Crippen molar-refractivity contribution < 1.29 is 33.2 Å². The Labute approximate surface area is 205 Å². The molecule has 186 valence electrons. The minimum atomic E-state index is -0.762. The van der Waals surface area contributed by atoms with E-state index >= 15 is 0 Å². The first-order valence-electron chi connectivity index (χ1n) is 10.6. The molecule has 1 saturated heterocycles. The molecular weight excluding hydrogens is 483 g/mol. The average molecular weight is 507 g/mol. The number of ether oxygens (including phenoxy) is 4. The van der Waals surface area contributed by atoms with Crippen molar-refractivity contribution in [2.45, 2.75) is 25.2 Å². The molecule has 2 atom stereocenters. The molecule has 35 heavy (non-hydrogen) atoms. The van der Waals surface area contributed by atoms with Crippen LogP contribution in [0, 0.1) is 5.82 Å². The van der Waals surface area contributed by atoms with E-state index in [0.717, 1.165) is 0 Å². The van der Waals surface area contributed by atoms with Gasteiger partial charge < -0.3 is 29.4 Å². The number of benzene rings is 2. The highest BCUT2D eigenvalue weighted by molar-refractivity contribution is 6.34. The van der Waals surface area contributed by atoms with Crippen LogP contribution in [0.15, 0.2) is 40.3 Å². The fourth-order valence-corrected chi connectivity index (χ4v) is 4.14. The molecule has 2 aromatic rings. The van der Waals surface area contributed by atoms with E-state index in [1.807, 2.05) is 0 Å². The van der Waals surface area contributed by atoms with E-state index in [2.05, 4.69) is 15.3 Å². The molecule has 2 N–H and O–H groups in total. The molecule has 4 rings (SSSR count). The highest BCUT2D eigenvalue weighted by Gasteiger charge is 2.46. The van der Waals surface area contributed by atoms with Crippen molar-refractivity contribution in [1.29, 1.82) is 0 Å². The molecular formula is C23H24ClFN4O6. The Morgan fingerprint density at radius 1 is 1.14 bits per heavy atom. The van der Waals surface area contributed by atoms with E-state index in [4.69, 9.17) is 30.5 Å². The molecule has 2 aliphatic heterocycles. The van der Waals surface area contributed by atoms with Crippen LogP contribution in [-0.2, 0) is 11.3 Å². The molecule has 2 unspecified atom stereocenters. The smallest absolute Gasteiger partial charge is 0.324 e. The topological polar surface area (TPSA) is 114 Å². The van der Waals surface area contributed by atoms with Crippen molar-refractivity contribution in [1.82, 2.24) is 5.32 Å². The lowest BCUT2D eigenvalue weighted by Gasteiger charge is -2.27. The molecule has 10 nitrogen and oxygen atoms in total. The number of anilines is 1. The number of fused-ring (bicyclic) bond motifs is 1. The maximum Gasteiger partial charge on any atom is 0.324 e. The summed E-state index contributed by atoms with van der Waals surface area (Å²) in [6, 6.07) is 6.36. The van der Waals surface area contributed by atoms with E-state index in [9.17, 15) is 14.3 Å². The minimum Gasteiger partial charge on any atom is -0.496 e. The van der Waals surface area contributed by atoms with Crippen LogP contribution in [0.25, 0.3) is 0 Å². The predicted molar refractivity (Wildman–Crippen MR) is 127 cm³/mol. The van der Waals surface area contributed by atoms with Gasteiger partial charge in [-0.1, -0.05) is 17.7 Å². The molecule has 12 heteroatoms. The van der Waals surface area contributed by atoms with Gasteiger partial charge in [0.1, 0.15) is 30.1 Å². The summed E-state index contributed by atoms with van der Waals surface area (Å²) in [4.78, 5) is 23.1. The van der Waals surface area contributed by atoms with Crippen LogP contribution < -0.4 is 24.4 Å². The number of aliphatic hydroxyl groups is 1. The van der Waals surface area contributed by atoms with Crippen LogP contribution in [0.4, 0.5) is 14.9 Å². The van der Waals surface area contributed by atoms with Crippen LogP contribution in [0.3, 0.4) is 0 Å². The van der Waals surface area contributed by atoms with Gasteiger partial charge in [0, 0.05) is 18.6 Å². The lowest BCUT2D eigenvalue weighted by molar-refractivity contribution is 0.251. The zero-order chi connectivity index (χ0) is 25.1. The summed E-state index contributed by atoms with van der Waals surface area (Å²) >= 11 is 6.53. The number of nitrogens with one attached hydrogen (secondary N) is 1. The molecule has 0 radical (unpaired) electrons. The number of amides is 2. The Morgan fingerprint density at radius 3 is 2.60 bits per heavy atom. The number of carbonyl (C=O) groups is 1. The number of rotatable bonds is 8. The summed E-state index contributed by atoms with van der Waals surface area (Å²) in [5, 5.41) is 12.3. The zero-order valence-corrected chi connectivity index (χ0v) is 20.0. The van der Waals surface area contributed by atoms with Crippen LogP contribution >= 0.6 is 11.6 Å². The normalized spacial score (nSPS) is 18.9. The lowest BCUT2D eigenvalue weighted by Crippen LogP contribution is -2.45. The molecule has 2 heterocycles. The molecule has 2 aromatic carbocycles. The van der Waals surface area contributed by atoms with Crippen molar-refractivity contribution in [2.75, 3.05) is 32.8 Å². The van der Waals surface area contributed by atoms with E-state index in [-0.39, 0.29) is 53.3 Å². The maximum absolute atomic E-state index is 14.4. The number of carbonyl (C=O) groups excluding carboxylic acids is 1. The van der Waals surface area contributed by atoms with Gasteiger partial charge >= 0.3 is 6.03 Å². The van der Waals surface area contributed by atoms with E-state index in [1.54, 1.807) is 6.07 Å². The highest BCUT2D eigenvalue weighted by atomic mass is 35.5. The quantitative estimate of drug-likeness (QED) is 0.568. The number of hydrogen-bond donors (Lipinski definition) is 2. The van der Waals surface area contributed by atoms with Crippen LogP contribution in [0.2, 0.25) is 5.02 Å². The van der Waals surface area contributed by atoms with E-state index in [0.29, 0.717) is 11.6 Å². The third kappa shape index (κ3) is 4.69. The van der Waals surface area contributed by atoms with Gasteiger partial charge in [-0.15, -0.1) is 0 Å². The summed E-state index contributed by atoms with van der Waals surface area (Å²) in [5.74, 6) is 0.955. The van der Waals surface area contributed by atoms with Crippen molar-refractivity contribution in [3.05, 3.63) is 46.7 Å². The molecule has 0 aliphatic carbocycles. The zero-order valence-electron chi connectivity index (χ0n) is 19.2. The second-order valence-electron chi connectivity index (χ2n) is 7.55. The second kappa shape index (κ2) is 10.4. The number of urea groups is 1. The summed E-state index contributed by atoms with van der Waals surface area (Å²) in [6.45, 7) is -0.330. The number of methoxy groups -OCH3 is 3. The number of aliphatic imine (C=N–C) groups is 2. The van der Waals surface area contributed by atoms with Crippen molar-refractivity contribution in [3.8, 4) is 17.2 Å². The Morgan fingerprint density at radius 2 is 1.91 bits per heavy atom. The fraction of sp³-hybridized carbons (Fsp3) is 0.348. The summed E-state index contributed by atoms with van der Waals surface area (Å²) in [6.07, 6.45) is -0.574. The monoisotopic (exact) mass is 506 g/mol.